The summed E-state index contributed by atoms with van der Waals surface area (Å²) in [7, 11) is 0. The lowest BCUT2D eigenvalue weighted by Crippen LogP contribution is -1.93. The van der Waals surface area contributed by atoms with Gasteiger partial charge in [0.15, 0.2) is 0 Å². The number of nitrogens with zero attached hydrogens (tertiary/aromatic N) is 2. The molecule has 0 unspecified atom stereocenters. The minimum atomic E-state index is -0.449. The van der Waals surface area contributed by atoms with Gasteiger partial charge < -0.3 is 0 Å². The number of nitriles is 1. The molecule has 4 nitrogen and oxygen atoms in total. The summed E-state index contributed by atoms with van der Waals surface area (Å²) in [5.41, 5.74) is 2.26. The van der Waals surface area contributed by atoms with Crippen molar-refractivity contribution in [1.29, 1.82) is 5.26 Å². The molecule has 0 aliphatic carbocycles. The van der Waals surface area contributed by atoms with Crippen LogP contribution in [0, 0.1) is 21.4 Å². The highest BCUT2D eigenvalue weighted by atomic mass is 35.5. The van der Waals surface area contributed by atoms with Crippen molar-refractivity contribution in [2.45, 2.75) is 6.42 Å². The van der Waals surface area contributed by atoms with Gasteiger partial charge in [0.05, 0.1) is 17.4 Å². The third-order valence-corrected chi connectivity index (χ3v) is 2.98. The van der Waals surface area contributed by atoms with Crippen LogP contribution in [0.4, 0.5) is 5.69 Å². The zero-order valence-electron chi connectivity index (χ0n) is 9.84. The molecule has 0 fully saturated rings. The Labute approximate surface area is 115 Å². The summed E-state index contributed by atoms with van der Waals surface area (Å²) in [4.78, 5) is 10.4. The monoisotopic (exact) mass is 272 g/mol. The molecule has 0 radical (unpaired) electrons. The van der Waals surface area contributed by atoms with E-state index in [2.05, 4.69) is 6.07 Å². The number of rotatable bonds is 3. The van der Waals surface area contributed by atoms with Crippen molar-refractivity contribution in [3.63, 3.8) is 0 Å². The lowest BCUT2D eigenvalue weighted by atomic mass is 9.97. The van der Waals surface area contributed by atoms with E-state index in [4.69, 9.17) is 16.9 Å². The topological polar surface area (TPSA) is 66.9 Å². The molecule has 0 spiro atoms. The highest BCUT2D eigenvalue weighted by Crippen LogP contribution is 2.29. The molecular formula is C14H9ClN2O2. The van der Waals surface area contributed by atoms with Crippen molar-refractivity contribution in [1.82, 2.24) is 0 Å². The first-order chi connectivity index (χ1) is 9.11. The molecule has 94 valence electrons. The Morgan fingerprint density at radius 3 is 2.47 bits per heavy atom. The van der Waals surface area contributed by atoms with Gasteiger partial charge in [-0.1, -0.05) is 29.8 Å². The van der Waals surface area contributed by atoms with Crippen LogP contribution in [0.1, 0.15) is 5.56 Å². The first-order valence-corrected chi connectivity index (χ1v) is 5.90. The van der Waals surface area contributed by atoms with E-state index in [1.807, 2.05) is 0 Å². The van der Waals surface area contributed by atoms with Gasteiger partial charge in [-0.15, -0.1) is 0 Å². The molecule has 0 atom stereocenters. The largest absolute Gasteiger partial charge is 0.270 e. The second kappa shape index (κ2) is 5.51. The normalized spacial score (nSPS) is 9.89. The predicted octanol–water partition coefficient (Wildman–Crippen LogP) is 3.98. The van der Waals surface area contributed by atoms with Crippen LogP contribution >= 0.6 is 11.6 Å². The Morgan fingerprint density at radius 2 is 1.89 bits per heavy atom. The smallest absolute Gasteiger partial charge is 0.258 e. The average molecular weight is 273 g/mol. The second-order valence-electron chi connectivity index (χ2n) is 3.94. The Morgan fingerprint density at radius 1 is 1.21 bits per heavy atom. The maximum Gasteiger partial charge on any atom is 0.270 e. The summed E-state index contributed by atoms with van der Waals surface area (Å²) < 4.78 is 0. The van der Waals surface area contributed by atoms with Gasteiger partial charge in [0.1, 0.15) is 0 Å². The van der Waals surface area contributed by atoms with E-state index >= 15 is 0 Å². The highest BCUT2D eigenvalue weighted by Gasteiger charge is 2.12. The van der Waals surface area contributed by atoms with Crippen LogP contribution in [0.3, 0.4) is 0 Å². The first kappa shape index (κ1) is 13.1. The number of hydrogen-bond acceptors (Lipinski definition) is 3. The van der Waals surface area contributed by atoms with Gasteiger partial charge in [-0.2, -0.15) is 5.26 Å². The number of hydrogen-bond donors (Lipinski definition) is 0. The molecule has 2 aromatic rings. The fourth-order valence-corrected chi connectivity index (χ4v) is 1.94. The highest BCUT2D eigenvalue weighted by molar-refractivity contribution is 6.30. The van der Waals surface area contributed by atoms with E-state index in [1.165, 1.54) is 12.1 Å². The quantitative estimate of drug-likeness (QED) is 0.627. The van der Waals surface area contributed by atoms with E-state index in [9.17, 15) is 10.1 Å². The molecular weight excluding hydrogens is 264 g/mol. The molecule has 2 aromatic carbocycles. The van der Waals surface area contributed by atoms with Gasteiger partial charge in [0.25, 0.3) is 5.69 Å². The predicted molar refractivity (Wildman–Crippen MR) is 72.9 cm³/mol. The number of halogens is 1. The molecule has 0 amide bonds. The van der Waals surface area contributed by atoms with Crippen LogP contribution in [0.25, 0.3) is 11.1 Å². The zero-order chi connectivity index (χ0) is 13.8. The van der Waals surface area contributed by atoms with Crippen LogP contribution in [-0.4, -0.2) is 4.92 Å². The lowest BCUT2D eigenvalue weighted by Gasteiger charge is -2.07. The maximum absolute atomic E-state index is 10.8. The van der Waals surface area contributed by atoms with Crippen LogP contribution in [-0.2, 0) is 6.42 Å². The third-order valence-electron chi connectivity index (χ3n) is 2.73. The van der Waals surface area contributed by atoms with Crippen LogP contribution in [0.15, 0.2) is 42.5 Å². The standard InChI is InChI=1S/C14H9ClN2O2/c15-12-4-1-10(2-5-12)14-9-13(17(18)19)6-3-11(14)7-8-16/h1-6,9H,7H2. The Kier molecular flexibility index (Phi) is 3.79. The van der Waals surface area contributed by atoms with E-state index in [-0.39, 0.29) is 12.1 Å². The fourth-order valence-electron chi connectivity index (χ4n) is 1.82. The van der Waals surface area contributed by atoms with Crippen molar-refractivity contribution in [2.24, 2.45) is 0 Å². The summed E-state index contributed by atoms with van der Waals surface area (Å²) in [5.74, 6) is 0. The molecule has 0 N–H and O–H groups in total. The van der Waals surface area contributed by atoms with Gasteiger partial charge in [0.2, 0.25) is 0 Å². The molecule has 0 aliphatic rings. The van der Waals surface area contributed by atoms with Gasteiger partial charge in [-0.05, 0) is 28.8 Å². The van der Waals surface area contributed by atoms with Crippen molar-refractivity contribution in [3.8, 4) is 17.2 Å². The second-order valence-corrected chi connectivity index (χ2v) is 4.38. The molecule has 0 bridgehead atoms. The molecule has 0 aliphatic heterocycles. The first-order valence-electron chi connectivity index (χ1n) is 5.52. The van der Waals surface area contributed by atoms with Crippen LogP contribution in [0.5, 0.6) is 0 Å². The Balaban J connectivity index is 2.57. The number of nitro groups is 1. The zero-order valence-corrected chi connectivity index (χ0v) is 10.6. The van der Waals surface area contributed by atoms with Gasteiger partial charge in [-0.3, -0.25) is 10.1 Å². The summed E-state index contributed by atoms with van der Waals surface area (Å²) in [6.45, 7) is 0. The van der Waals surface area contributed by atoms with E-state index in [1.54, 1.807) is 30.3 Å². The maximum atomic E-state index is 10.8. The summed E-state index contributed by atoms with van der Waals surface area (Å²) in [6.07, 6.45) is 0.204. The molecule has 0 heterocycles. The average Bonchev–Trinajstić information content (AvgIpc) is 2.40. The van der Waals surface area contributed by atoms with Crippen molar-refractivity contribution in [3.05, 3.63) is 63.2 Å². The SMILES string of the molecule is N#CCc1ccc([N+](=O)[O-])cc1-c1ccc(Cl)cc1. The summed E-state index contributed by atoms with van der Waals surface area (Å²) in [6, 6.07) is 13.6. The van der Waals surface area contributed by atoms with E-state index in [0.717, 1.165) is 11.1 Å². The molecule has 19 heavy (non-hydrogen) atoms. The van der Waals surface area contributed by atoms with Crippen molar-refractivity contribution < 1.29 is 4.92 Å². The van der Waals surface area contributed by atoms with Crippen molar-refractivity contribution >= 4 is 17.3 Å². The van der Waals surface area contributed by atoms with Crippen LogP contribution in [0.2, 0.25) is 5.02 Å². The van der Waals surface area contributed by atoms with E-state index < -0.39 is 4.92 Å². The minimum absolute atomic E-state index is 0.00615. The molecule has 0 saturated carbocycles. The third kappa shape index (κ3) is 2.90. The molecule has 2 rings (SSSR count). The Hall–Kier alpha value is -2.38. The molecule has 0 saturated heterocycles. The molecule has 0 aromatic heterocycles. The summed E-state index contributed by atoms with van der Waals surface area (Å²) >= 11 is 5.82. The van der Waals surface area contributed by atoms with Gasteiger partial charge in [-0.25, -0.2) is 0 Å². The minimum Gasteiger partial charge on any atom is -0.258 e. The molecule has 5 heteroatoms. The Bertz CT molecular complexity index is 660. The number of benzene rings is 2. The fraction of sp³-hybridized carbons (Fsp3) is 0.0714. The van der Waals surface area contributed by atoms with Crippen LogP contribution < -0.4 is 0 Å². The lowest BCUT2D eigenvalue weighted by molar-refractivity contribution is -0.384. The van der Waals surface area contributed by atoms with Gasteiger partial charge in [0, 0.05) is 17.2 Å². The summed E-state index contributed by atoms with van der Waals surface area (Å²) in [5, 5.41) is 20.2. The van der Waals surface area contributed by atoms with Gasteiger partial charge >= 0.3 is 0 Å². The van der Waals surface area contributed by atoms with E-state index in [0.29, 0.717) is 10.6 Å². The number of nitro benzene ring substituents is 1. The van der Waals surface area contributed by atoms with Crippen molar-refractivity contribution in [2.75, 3.05) is 0 Å². The number of non-ortho nitro benzene ring substituents is 1.